The Balaban J connectivity index is 2.12. The van der Waals surface area contributed by atoms with E-state index in [1.807, 2.05) is 54.6 Å². The molecular weight excluding hydrogens is 266 g/mol. The van der Waals surface area contributed by atoms with Crippen molar-refractivity contribution in [1.82, 2.24) is 4.98 Å². The highest BCUT2D eigenvalue weighted by Crippen LogP contribution is 2.33. The molecular formula is C17H13NO3. The van der Waals surface area contributed by atoms with Crippen molar-refractivity contribution < 1.29 is 13.9 Å². The van der Waals surface area contributed by atoms with Crippen molar-refractivity contribution >= 4 is 6.29 Å². The maximum Gasteiger partial charge on any atom is 0.260 e. The molecule has 21 heavy (non-hydrogen) atoms. The number of rotatable bonds is 4. The van der Waals surface area contributed by atoms with Crippen molar-refractivity contribution in [2.75, 3.05) is 7.11 Å². The minimum Gasteiger partial charge on any atom is -0.497 e. The van der Waals surface area contributed by atoms with Crippen molar-refractivity contribution in [2.45, 2.75) is 0 Å². The Kier molecular flexibility index (Phi) is 3.51. The van der Waals surface area contributed by atoms with Gasteiger partial charge in [0, 0.05) is 11.1 Å². The Hall–Kier alpha value is -2.88. The Morgan fingerprint density at radius 2 is 1.71 bits per heavy atom. The van der Waals surface area contributed by atoms with Crippen LogP contribution in [0.1, 0.15) is 10.7 Å². The molecule has 0 atom stereocenters. The van der Waals surface area contributed by atoms with Crippen LogP contribution in [0.25, 0.3) is 22.6 Å². The smallest absolute Gasteiger partial charge is 0.260 e. The van der Waals surface area contributed by atoms with Crippen LogP contribution >= 0.6 is 0 Å². The zero-order chi connectivity index (χ0) is 14.7. The highest BCUT2D eigenvalue weighted by Gasteiger charge is 2.16. The number of oxazole rings is 1. The van der Waals surface area contributed by atoms with Gasteiger partial charge in [0.05, 0.1) is 7.11 Å². The molecule has 104 valence electrons. The van der Waals surface area contributed by atoms with E-state index in [9.17, 15) is 4.79 Å². The van der Waals surface area contributed by atoms with Crippen molar-refractivity contribution in [3.05, 3.63) is 60.5 Å². The highest BCUT2D eigenvalue weighted by molar-refractivity contribution is 5.80. The second-order valence-electron chi connectivity index (χ2n) is 4.44. The van der Waals surface area contributed by atoms with Crippen LogP contribution in [0.4, 0.5) is 0 Å². The number of carbonyl (C=O) groups excluding carboxylic acids is 1. The van der Waals surface area contributed by atoms with Gasteiger partial charge in [-0.05, 0) is 24.3 Å². The first-order valence-electron chi connectivity index (χ1n) is 6.47. The maximum absolute atomic E-state index is 11.0. The molecule has 0 aliphatic carbocycles. The molecule has 0 spiro atoms. The first kappa shape index (κ1) is 13.1. The van der Waals surface area contributed by atoms with Crippen LogP contribution in [0.5, 0.6) is 5.75 Å². The zero-order valence-electron chi connectivity index (χ0n) is 11.4. The summed E-state index contributed by atoms with van der Waals surface area (Å²) in [5, 5.41) is 0. The summed E-state index contributed by atoms with van der Waals surface area (Å²) in [4.78, 5) is 15.2. The molecule has 0 radical (unpaired) electrons. The summed E-state index contributed by atoms with van der Waals surface area (Å²) in [6, 6.07) is 17.1. The van der Waals surface area contributed by atoms with Gasteiger partial charge >= 0.3 is 0 Å². The summed E-state index contributed by atoms with van der Waals surface area (Å²) < 4.78 is 10.7. The molecule has 0 aliphatic rings. The van der Waals surface area contributed by atoms with E-state index in [0.29, 0.717) is 17.7 Å². The number of aldehydes is 1. The monoisotopic (exact) mass is 279 g/mol. The van der Waals surface area contributed by atoms with Gasteiger partial charge in [0.2, 0.25) is 6.29 Å². The Labute approximate surface area is 122 Å². The highest BCUT2D eigenvalue weighted by atomic mass is 16.5. The van der Waals surface area contributed by atoms with E-state index in [1.165, 1.54) is 0 Å². The number of benzene rings is 2. The minimum atomic E-state index is 0.0691. The van der Waals surface area contributed by atoms with E-state index in [-0.39, 0.29) is 5.89 Å². The lowest BCUT2D eigenvalue weighted by atomic mass is 10.1. The second kappa shape index (κ2) is 5.63. The molecule has 1 heterocycles. The fourth-order valence-corrected chi connectivity index (χ4v) is 2.12. The van der Waals surface area contributed by atoms with E-state index in [2.05, 4.69) is 4.98 Å². The number of hydrogen-bond acceptors (Lipinski definition) is 4. The first-order valence-corrected chi connectivity index (χ1v) is 6.47. The SMILES string of the molecule is COc1ccc(-c2oc(C=O)nc2-c2ccccc2)cc1. The molecule has 3 rings (SSSR count). The molecule has 0 unspecified atom stereocenters. The molecule has 4 nitrogen and oxygen atoms in total. The maximum atomic E-state index is 11.0. The van der Waals surface area contributed by atoms with Crippen LogP contribution in [-0.4, -0.2) is 18.4 Å². The van der Waals surface area contributed by atoms with E-state index < -0.39 is 0 Å². The molecule has 0 saturated carbocycles. The fraction of sp³-hybridized carbons (Fsp3) is 0.0588. The predicted molar refractivity (Wildman–Crippen MR) is 79.3 cm³/mol. The normalized spacial score (nSPS) is 10.3. The van der Waals surface area contributed by atoms with Crippen molar-refractivity contribution in [3.63, 3.8) is 0 Å². The third-order valence-corrected chi connectivity index (χ3v) is 3.14. The molecule has 0 aliphatic heterocycles. The van der Waals surface area contributed by atoms with Crippen LogP contribution < -0.4 is 4.74 Å². The van der Waals surface area contributed by atoms with Gasteiger partial charge in [0.25, 0.3) is 5.89 Å². The number of carbonyl (C=O) groups is 1. The van der Waals surface area contributed by atoms with Gasteiger partial charge in [-0.15, -0.1) is 0 Å². The summed E-state index contributed by atoms with van der Waals surface area (Å²) in [5.74, 6) is 1.40. The summed E-state index contributed by atoms with van der Waals surface area (Å²) in [7, 11) is 1.61. The van der Waals surface area contributed by atoms with Crippen molar-refractivity contribution in [2.24, 2.45) is 0 Å². The van der Waals surface area contributed by atoms with E-state index in [1.54, 1.807) is 7.11 Å². The number of hydrogen-bond donors (Lipinski definition) is 0. The van der Waals surface area contributed by atoms with Crippen molar-refractivity contribution in [3.8, 4) is 28.3 Å². The molecule has 0 bridgehead atoms. The Morgan fingerprint density at radius 1 is 1.00 bits per heavy atom. The van der Waals surface area contributed by atoms with Crippen LogP contribution in [-0.2, 0) is 0 Å². The Morgan fingerprint density at radius 3 is 2.33 bits per heavy atom. The standard InChI is InChI=1S/C17H13NO3/c1-20-14-9-7-13(8-10-14)17-16(18-15(11-19)21-17)12-5-3-2-4-6-12/h2-11H,1H3. The number of nitrogens with zero attached hydrogens (tertiary/aromatic N) is 1. The molecule has 2 aromatic carbocycles. The Bertz CT molecular complexity index is 745. The summed E-state index contributed by atoms with van der Waals surface area (Å²) in [6.45, 7) is 0. The van der Waals surface area contributed by atoms with E-state index >= 15 is 0 Å². The average molecular weight is 279 g/mol. The lowest BCUT2D eigenvalue weighted by Gasteiger charge is -2.03. The van der Waals surface area contributed by atoms with Gasteiger partial charge in [0.15, 0.2) is 5.76 Å². The van der Waals surface area contributed by atoms with Crippen LogP contribution in [0.3, 0.4) is 0 Å². The summed E-state index contributed by atoms with van der Waals surface area (Å²) >= 11 is 0. The molecule has 0 amide bonds. The quantitative estimate of drug-likeness (QED) is 0.681. The lowest BCUT2D eigenvalue weighted by molar-refractivity contribution is 0.109. The largest absolute Gasteiger partial charge is 0.497 e. The van der Waals surface area contributed by atoms with Gasteiger partial charge in [-0.3, -0.25) is 4.79 Å². The summed E-state index contributed by atoms with van der Waals surface area (Å²) in [6.07, 6.45) is 0.611. The third-order valence-electron chi connectivity index (χ3n) is 3.14. The van der Waals surface area contributed by atoms with Gasteiger partial charge < -0.3 is 9.15 Å². The van der Waals surface area contributed by atoms with Gasteiger partial charge in [-0.1, -0.05) is 30.3 Å². The topological polar surface area (TPSA) is 52.3 Å². The molecule has 0 N–H and O–H groups in total. The molecule has 0 fully saturated rings. The van der Waals surface area contributed by atoms with Gasteiger partial charge in [-0.2, -0.15) is 0 Å². The minimum absolute atomic E-state index is 0.0691. The molecule has 0 saturated heterocycles. The molecule has 1 aromatic heterocycles. The van der Waals surface area contributed by atoms with Gasteiger partial charge in [-0.25, -0.2) is 4.98 Å². The van der Waals surface area contributed by atoms with Crippen LogP contribution in [0.2, 0.25) is 0 Å². The number of methoxy groups -OCH3 is 1. The summed E-state index contributed by atoms with van der Waals surface area (Å²) in [5.41, 5.74) is 2.40. The average Bonchev–Trinajstić information content (AvgIpc) is 3.00. The molecule has 4 heteroatoms. The lowest BCUT2D eigenvalue weighted by Crippen LogP contribution is -1.84. The second-order valence-corrected chi connectivity index (χ2v) is 4.44. The fourth-order valence-electron chi connectivity index (χ4n) is 2.12. The number of ether oxygens (including phenoxy) is 1. The van der Waals surface area contributed by atoms with Gasteiger partial charge in [0.1, 0.15) is 11.4 Å². The van der Waals surface area contributed by atoms with Crippen molar-refractivity contribution in [1.29, 1.82) is 0 Å². The predicted octanol–water partition coefficient (Wildman–Crippen LogP) is 3.83. The van der Waals surface area contributed by atoms with Crippen LogP contribution in [0.15, 0.2) is 59.0 Å². The number of aromatic nitrogens is 1. The van der Waals surface area contributed by atoms with E-state index in [0.717, 1.165) is 16.9 Å². The third kappa shape index (κ3) is 2.56. The molecule has 3 aromatic rings. The first-order chi connectivity index (χ1) is 10.3. The van der Waals surface area contributed by atoms with E-state index in [4.69, 9.17) is 9.15 Å². The van der Waals surface area contributed by atoms with Crippen LogP contribution in [0, 0.1) is 0 Å². The zero-order valence-corrected chi connectivity index (χ0v) is 11.4.